The molecule has 0 aliphatic heterocycles. The Kier molecular flexibility index (Phi) is 31.2. The van der Waals surface area contributed by atoms with Crippen LogP contribution >= 0.6 is 21.6 Å². The van der Waals surface area contributed by atoms with Gasteiger partial charge >= 0.3 is 11.9 Å². The third kappa shape index (κ3) is 32.0. The lowest BCUT2D eigenvalue weighted by Gasteiger charge is -2.15. The highest BCUT2D eigenvalue weighted by molar-refractivity contribution is 8.76. The minimum Gasteiger partial charge on any atom is -0.491 e. The van der Waals surface area contributed by atoms with Gasteiger partial charge in [-0.3, -0.25) is 9.59 Å². The largest absolute Gasteiger partial charge is 0.491 e. The molecule has 2 N–H and O–H groups in total. The van der Waals surface area contributed by atoms with Crippen LogP contribution in [0, 0.1) is 5.92 Å². The van der Waals surface area contributed by atoms with Crippen molar-refractivity contribution in [1.29, 1.82) is 0 Å². The number of unbranched alkanes of at least 4 members (excludes halogenated alkanes) is 1. The van der Waals surface area contributed by atoms with Crippen LogP contribution < -0.4 is 15.4 Å². The van der Waals surface area contributed by atoms with Gasteiger partial charge in [0.2, 0.25) is 0 Å². The molecule has 14 nitrogen and oxygen atoms in total. The number of rotatable bonds is 29. The molecule has 1 unspecified atom stereocenters. The molecule has 0 aliphatic carbocycles. The monoisotopic (exact) mass is 773 g/mol. The van der Waals surface area contributed by atoms with Crippen LogP contribution in [-0.2, 0) is 33.3 Å². The summed E-state index contributed by atoms with van der Waals surface area (Å²) >= 11 is 0. The number of nitrogens with zero attached hydrogens (tertiary/aromatic N) is 3. The SMILES string of the molecule is CC(C)CCCNC(=O)c1cccc(OCC(N=[N+]=[N-])OCCOCC(=O)OC(C)C)c1.CC(C)NCCSSCOCCCCC(=O)OC(C)C. The van der Waals surface area contributed by atoms with Gasteiger partial charge in [0.1, 0.15) is 24.9 Å². The van der Waals surface area contributed by atoms with Crippen LogP contribution in [-0.4, -0.2) is 100 Å². The van der Waals surface area contributed by atoms with Crippen molar-refractivity contribution >= 4 is 39.4 Å². The predicted octanol–water partition coefficient (Wildman–Crippen LogP) is 7.31. The first-order valence-corrected chi connectivity index (χ1v) is 20.5. The molecular formula is C36H63N5O9S2. The van der Waals surface area contributed by atoms with Gasteiger partial charge < -0.3 is 39.1 Å². The van der Waals surface area contributed by atoms with Crippen molar-refractivity contribution in [2.45, 2.75) is 112 Å². The minimum atomic E-state index is -0.889. The Morgan fingerprint density at radius 1 is 0.865 bits per heavy atom. The summed E-state index contributed by atoms with van der Waals surface area (Å²) in [7, 11) is 3.57. The fourth-order valence-electron chi connectivity index (χ4n) is 3.95. The Bertz CT molecular complexity index is 1140. The third-order valence-electron chi connectivity index (χ3n) is 6.28. The summed E-state index contributed by atoms with van der Waals surface area (Å²) in [6, 6.07) is 7.29. The Hall–Kier alpha value is -2.72. The zero-order valence-electron chi connectivity index (χ0n) is 32.4. The normalized spacial score (nSPS) is 11.5. The Morgan fingerprint density at radius 2 is 1.60 bits per heavy atom. The maximum atomic E-state index is 12.3. The molecule has 0 heterocycles. The van der Waals surface area contributed by atoms with Crippen LogP contribution in [0.3, 0.4) is 0 Å². The zero-order chi connectivity index (χ0) is 39.0. The molecule has 0 aliphatic rings. The number of ether oxygens (including phenoxy) is 6. The Morgan fingerprint density at radius 3 is 2.27 bits per heavy atom. The second-order valence-electron chi connectivity index (χ2n) is 12.8. The molecule has 1 amide bonds. The highest BCUT2D eigenvalue weighted by atomic mass is 33.1. The zero-order valence-corrected chi connectivity index (χ0v) is 34.1. The van der Waals surface area contributed by atoms with Gasteiger partial charge in [-0.25, -0.2) is 4.79 Å². The summed E-state index contributed by atoms with van der Waals surface area (Å²) in [5.74, 6) is 2.12. The van der Waals surface area contributed by atoms with E-state index < -0.39 is 12.2 Å². The first-order valence-electron chi connectivity index (χ1n) is 18.0. The van der Waals surface area contributed by atoms with Gasteiger partial charge in [-0.15, -0.1) is 0 Å². The second-order valence-corrected chi connectivity index (χ2v) is 15.4. The van der Waals surface area contributed by atoms with Crippen molar-refractivity contribution in [1.82, 2.24) is 10.6 Å². The highest BCUT2D eigenvalue weighted by Crippen LogP contribution is 2.20. The molecule has 0 fully saturated rings. The number of esters is 2. The lowest BCUT2D eigenvalue weighted by Crippen LogP contribution is -2.25. The molecule has 0 spiro atoms. The molecule has 298 valence electrons. The molecule has 1 rings (SSSR count). The minimum absolute atomic E-state index is 0.0163. The van der Waals surface area contributed by atoms with Gasteiger partial charge in [-0.2, -0.15) is 0 Å². The van der Waals surface area contributed by atoms with E-state index in [0.717, 1.165) is 38.0 Å². The van der Waals surface area contributed by atoms with Crippen LogP contribution in [0.2, 0.25) is 0 Å². The number of carbonyl (C=O) groups is 3. The lowest BCUT2D eigenvalue weighted by molar-refractivity contribution is -0.153. The van der Waals surface area contributed by atoms with Gasteiger partial charge in [0.15, 0.2) is 6.23 Å². The molecule has 52 heavy (non-hydrogen) atoms. The van der Waals surface area contributed by atoms with Crippen molar-refractivity contribution in [3.05, 3.63) is 40.3 Å². The molecule has 16 heteroatoms. The maximum Gasteiger partial charge on any atom is 0.332 e. The molecule has 1 aromatic rings. The summed E-state index contributed by atoms with van der Waals surface area (Å²) in [5.41, 5.74) is 9.21. The Balaban J connectivity index is 0.00000112. The quantitative estimate of drug-likeness (QED) is 0.0158. The summed E-state index contributed by atoms with van der Waals surface area (Å²) in [5, 5.41) is 9.80. The summed E-state index contributed by atoms with van der Waals surface area (Å²) < 4.78 is 31.7. The average molecular weight is 774 g/mol. The van der Waals surface area contributed by atoms with Crippen LogP contribution in [0.5, 0.6) is 5.75 Å². The van der Waals surface area contributed by atoms with E-state index in [1.54, 1.807) is 48.9 Å². The lowest BCUT2D eigenvalue weighted by atomic mass is 10.1. The first-order chi connectivity index (χ1) is 24.8. The van der Waals surface area contributed by atoms with E-state index in [1.165, 1.54) is 0 Å². The number of nitrogens with one attached hydrogen (secondary N) is 2. The molecular weight excluding hydrogens is 711 g/mol. The predicted molar refractivity (Wildman–Crippen MR) is 208 cm³/mol. The Labute approximate surface area is 318 Å². The standard InChI is InChI=1S/C22H34N4O6.C14H29NO3S2/c1-16(2)7-6-10-24-22(28)18-8-5-9-19(13-18)31-14-20(25-26-23)30-12-11-29-15-21(27)32-17(3)4;1-12(2)15-8-10-19-20-11-17-9-6-5-7-14(16)18-13(3)4/h5,8-9,13,16-17,20H,6-7,10-12,14-15H2,1-4H3,(H,24,28);12-13,15H,5-11H2,1-4H3. The number of benzene rings is 1. The molecule has 0 aromatic heterocycles. The second kappa shape index (κ2) is 32.9. The van der Waals surface area contributed by atoms with Gasteiger partial charge in [-0.1, -0.05) is 60.5 Å². The number of hydrogen-bond acceptors (Lipinski definition) is 13. The van der Waals surface area contributed by atoms with E-state index in [0.29, 0.717) is 48.8 Å². The van der Waals surface area contributed by atoms with Crippen molar-refractivity contribution in [2.75, 3.05) is 57.8 Å². The first kappa shape index (κ1) is 49.3. The summed E-state index contributed by atoms with van der Waals surface area (Å²) in [4.78, 5) is 37.7. The summed E-state index contributed by atoms with van der Waals surface area (Å²) in [6.07, 6.45) is 3.10. The maximum absolute atomic E-state index is 12.3. The average Bonchev–Trinajstić information content (AvgIpc) is 3.07. The molecule has 0 radical (unpaired) electrons. The molecule has 0 bridgehead atoms. The van der Waals surface area contributed by atoms with E-state index in [-0.39, 0.29) is 50.5 Å². The van der Waals surface area contributed by atoms with E-state index in [9.17, 15) is 14.4 Å². The van der Waals surface area contributed by atoms with E-state index in [1.807, 2.05) is 24.6 Å². The molecule has 0 saturated carbocycles. The summed E-state index contributed by atoms with van der Waals surface area (Å²) in [6.45, 7) is 18.2. The fourth-order valence-corrected chi connectivity index (χ4v) is 5.53. The number of amides is 1. The third-order valence-corrected chi connectivity index (χ3v) is 8.37. The smallest absolute Gasteiger partial charge is 0.332 e. The van der Waals surface area contributed by atoms with Crippen LogP contribution in [0.15, 0.2) is 29.4 Å². The number of azide groups is 1. The van der Waals surface area contributed by atoms with Gasteiger partial charge in [0.25, 0.3) is 5.91 Å². The van der Waals surface area contributed by atoms with Gasteiger partial charge in [-0.05, 0) is 83.0 Å². The van der Waals surface area contributed by atoms with Crippen LogP contribution in [0.1, 0.15) is 97.9 Å². The molecule has 0 saturated heterocycles. The van der Waals surface area contributed by atoms with Crippen molar-refractivity contribution in [3.8, 4) is 5.75 Å². The van der Waals surface area contributed by atoms with E-state index in [2.05, 4.69) is 48.4 Å². The molecule has 1 atom stereocenters. The van der Waals surface area contributed by atoms with E-state index in [4.69, 9.17) is 34.0 Å². The molecule has 1 aromatic carbocycles. The van der Waals surface area contributed by atoms with Gasteiger partial charge in [0, 0.05) is 48.4 Å². The van der Waals surface area contributed by atoms with Crippen LogP contribution in [0.25, 0.3) is 10.4 Å². The van der Waals surface area contributed by atoms with Crippen LogP contribution in [0.4, 0.5) is 0 Å². The van der Waals surface area contributed by atoms with Gasteiger partial charge in [0.05, 0.1) is 25.4 Å². The highest BCUT2D eigenvalue weighted by Gasteiger charge is 2.12. The number of carbonyl (C=O) groups excluding carboxylic acids is 3. The number of hydrogen-bond donors (Lipinski definition) is 2. The topological polar surface area (TPSA) is 179 Å². The van der Waals surface area contributed by atoms with Crippen molar-refractivity contribution in [3.63, 3.8) is 0 Å². The fraction of sp³-hybridized carbons (Fsp3) is 0.750. The van der Waals surface area contributed by atoms with Crippen molar-refractivity contribution < 1.29 is 42.8 Å². The van der Waals surface area contributed by atoms with E-state index >= 15 is 0 Å². The van der Waals surface area contributed by atoms with Crippen molar-refractivity contribution in [2.24, 2.45) is 11.0 Å².